The fourth-order valence-corrected chi connectivity index (χ4v) is 4.20. The summed E-state index contributed by atoms with van der Waals surface area (Å²) in [5, 5.41) is 0.657. The highest BCUT2D eigenvalue weighted by molar-refractivity contribution is 7.99. The monoisotopic (exact) mass is 202 g/mol. The Hall–Kier alpha value is 0.280. The summed E-state index contributed by atoms with van der Waals surface area (Å²) in [6, 6.07) is 0. The molecule has 2 rings (SSSR count). The summed E-state index contributed by atoms with van der Waals surface area (Å²) in [6.45, 7) is 0. The van der Waals surface area contributed by atoms with E-state index in [1.165, 1.54) is 32.1 Å². The zero-order valence-corrected chi connectivity index (χ0v) is 8.99. The Bertz CT molecular complexity index is 154. The Morgan fingerprint density at radius 1 is 1.00 bits per heavy atom. The topological polar surface area (TPSA) is 0 Å². The first-order valence-corrected chi connectivity index (χ1v) is 6.67. The van der Waals surface area contributed by atoms with Gasteiger partial charge in [0.05, 0.1) is 0 Å². The van der Waals surface area contributed by atoms with Gasteiger partial charge < -0.3 is 0 Å². The Labute approximate surface area is 84.7 Å². The van der Waals surface area contributed by atoms with Crippen LogP contribution in [-0.4, -0.2) is 17.2 Å². The van der Waals surface area contributed by atoms with Gasteiger partial charge in [-0.1, -0.05) is 19.3 Å². The SMILES string of the molecule is FC1CCS[C@@H](C2CCCCC2)C1. The Morgan fingerprint density at radius 3 is 2.46 bits per heavy atom. The van der Waals surface area contributed by atoms with Crippen molar-refractivity contribution in [2.24, 2.45) is 5.92 Å². The second-order valence-electron chi connectivity index (χ2n) is 4.43. The minimum Gasteiger partial charge on any atom is -0.247 e. The minimum absolute atomic E-state index is 0.492. The summed E-state index contributed by atoms with van der Waals surface area (Å²) in [7, 11) is 0. The molecule has 1 heterocycles. The average Bonchev–Trinajstić information content (AvgIpc) is 2.19. The molecule has 76 valence electrons. The van der Waals surface area contributed by atoms with E-state index in [9.17, 15) is 4.39 Å². The van der Waals surface area contributed by atoms with Crippen molar-refractivity contribution in [3.8, 4) is 0 Å². The van der Waals surface area contributed by atoms with Crippen LogP contribution in [0.5, 0.6) is 0 Å². The molecule has 0 N–H and O–H groups in total. The smallest absolute Gasteiger partial charge is 0.102 e. The average molecular weight is 202 g/mol. The molecule has 1 saturated carbocycles. The van der Waals surface area contributed by atoms with E-state index in [1.807, 2.05) is 11.8 Å². The van der Waals surface area contributed by atoms with Gasteiger partial charge in [0.15, 0.2) is 0 Å². The van der Waals surface area contributed by atoms with Crippen molar-refractivity contribution in [3.05, 3.63) is 0 Å². The summed E-state index contributed by atoms with van der Waals surface area (Å²) in [5.41, 5.74) is 0. The van der Waals surface area contributed by atoms with Gasteiger partial charge in [-0.2, -0.15) is 11.8 Å². The summed E-state index contributed by atoms with van der Waals surface area (Å²) in [5.74, 6) is 1.90. The highest BCUT2D eigenvalue weighted by atomic mass is 32.2. The van der Waals surface area contributed by atoms with Crippen molar-refractivity contribution >= 4 is 11.8 Å². The van der Waals surface area contributed by atoms with Crippen LogP contribution >= 0.6 is 11.8 Å². The lowest BCUT2D eigenvalue weighted by molar-refractivity contribution is 0.255. The van der Waals surface area contributed by atoms with Crippen LogP contribution in [0.1, 0.15) is 44.9 Å². The molecular weight excluding hydrogens is 183 g/mol. The second kappa shape index (κ2) is 4.68. The maximum atomic E-state index is 13.2. The first-order chi connectivity index (χ1) is 6.36. The predicted molar refractivity (Wildman–Crippen MR) is 57.0 cm³/mol. The van der Waals surface area contributed by atoms with Crippen LogP contribution in [0.25, 0.3) is 0 Å². The molecule has 0 aromatic heterocycles. The van der Waals surface area contributed by atoms with Crippen LogP contribution in [0.4, 0.5) is 4.39 Å². The molecule has 2 aliphatic rings. The summed E-state index contributed by atoms with van der Waals surface area (Å²) < 4.78 is 13.2. The lowest BCUT2D eigenvalue weighted by Gasteiger charge is -2.33. The number of thioether (sulfide) groups is 1. The molecule has 1 aliphatic heterocycles. The molecule has 2 heteroatoms. The van der Waals surface area contributed by atoms with Gasteiger partial charge in [-0.3, -0.25) is 0 Å². The van der Waals surface area contributed by atoms with Gasteiger partial charge in [0.25, 0.3) is 0 Å². The van der Waals surface area contributed by atoms with Crippen LogP contribution in [0.15, 0.2) is 0 Å². The molecule has 0 aromatic rings. The Morgan fingerprint density at radius 2 is 1.77 bits per heavy atom. The number of hydrogen-bond donors (Lipinski definition) is 0. The van der Waals surface area contributed by atoms with Gasteiger partial charge in [-0.15, -0.1) is 0 Å². The third-order valence-corrected chi connectivity index (χ3v) is 4.90. The van der Waals surface area contributed by atoms with Crippen LogP contribution < -0.4 is 0 Å². The van der Waals surface area contributed by atoms with Gasteiger partial charge in [0.2, 0.25) is 0 Å². The molecule has 0 spiro atoms. The molecule has 0 nitrogen and oxygen atoms in total. The van der Waals surface area contributed by atoms with E-state index in [1.54, 1.807) is 0 Å². The summed E-state index contributed by atoms with van der Waals surface area (Å²) in [6.07, 6.45) is 8.07. The standard InChI is InChI=1S/C11H19FS/c12-10-6-7-13-11(8-10)9-4-2-1-3-5-9/h9-11H,1-8H2/t10?,11-/m1/s1. The van der Waals surface area contributed by atoms with Gasteiger partial charge >= 0.3 is 0 Å². The molecule has 0 amide bonds. The minimum atomic E-state index is -0.492. The van der Waals surface area contributed by atoms with Crippen molar-refractivity contribution in [2.45, 2.75) is 56.4 Å². The first-order valence-electron chi connectivity index (χ1n) is 5.62. The fourth-order valence-electron chi connectivity index (χ4n) is 2.62. The molecule has 2 atom stereocenters. The highest BCUT2D eigenvalue weighted by Crippen LogP contribution is 2.38. The quantitative estimate of drug-likeness (QED) is 0.623. The molecule has 0 radical (unpaired) electrons. The molecule has 1 aliphatic carbocycles. The molecule has 1 unspecified atom stereocenters. The van der Waals surface area contributed by atoms with Crippen molar-refractivity contribution in [2.75, 3.05) is 5.75 Å². The maximum Gasteiger partial charge on any atom is 0.102 e. The van der Waals surface area contributed by atoms with Crippen molar-refractivity contribution in [1.82, 2.24) is 0 Å². The Kier molecular flexibility index (Phi) is 3.53. The van der Waals surface area contributed by atoms with Crippen LogP contribution in [0.3, 0.4) is 0 Å². The van der Waals surface area contributed by atoms with Gasteiger partial charge in [0.1, 0.15) is 6.17 Å². The molecule has 13 heavy (non-hydrogen) atoms. The zero-order chi connectivity index (χ0) is 9.10. The number of alkyl halides is 1. The number of rotatable bonds is 1. The molecule has 0 bridgehead atoms. The number of hydrogen-bond acceptors (Lipinski definition) is 1. The van der Waals surface area contributed by atoms with Crippen molar-refractivity contribution in [3.63, 3.8) is 0 Å². The first kappa shape index (κ1) is 9.82. The lowest BCUT2D eigenvalue weighted by atomic mass is 9.85. The third-order valence-electron chi connectivity index (χ3n) is 3.43. The summed E-state index contributed by atoms with van der Waals surface area (Å²) >= 11 is 2.03. The Balaban J connectivity index is 1.83. The predicted octanol–water partition coefficient (Wildman–Crippen LogP) is 3.80. The highest BCUT2D eigenvalue weighted by Gasteiger charge is 2.29. The molecular formula is C11H19FS. The fraction of sp³-hybridized carbons (Fsp3) is 1.00. The van der Waals surface area contributed by atoms with E-state index in [-0.39, 0.29) is 0 Å². The molecule has 0 aromatic carbocycles. The summed E-state index contributed by atoms with van der Waals surface area (Å²) in [4.78, 5) is 0. The van der Waals surface area contributed by atoms with Crippen LogP contribution in [-0.2, 0) is 0 Å². The zero-order valence-electron chi connectivity index (χ0n) is 8.18. The second-order valence-corrected chi connectivity index (χ2v) is 5.78. The van der Waals surface area contributed by atoms with E-state index < -0.39 is 6.17 Å². The van der Waals surface area contributed by atoms with Gasteiger partial charge in [-0.25, -0.2) is 4.39 Å². The van der Waals surface area contributed by atoms with E-state index in [4.69, 9.17) is 0 Å². The normalized spacial score (nSPS) is 37.6. The molecule has 1 saturated heterocycles. The van der Waals surface area contributed by atoms with Gasteiger partial charge in [-0.05, 0) is 37.4 Å². The maximum absolute atomic E-state index is 13.2. The van der Waals surface area contributed by atoms with E-state index in [0.717, 1.165) is 24.5 Å². The largest absolute Gasteiger partial charge is 0.247 e. The molecule has 2 fully saturated rings. The van der Waals surface area contributed by atoms with Gasteiger partial charge in [0, 0.05) is 5.25 Å². The van der Waals surface area contributed by atoms with Crippen molar-refractivity contribution in [1.29, 1.82) is 0 Å². The van der Waals surface area contributed by atoms with E-state index in [0.29, 0.717) is 5.25 Å². The number of halogens is 1. The van der Waals surface area contributed by atoms with Crippen LogP contribution in [0, 0.1) is 5.92 Å². The van der Waals surface area contributed by atoms with Crippen LogP contribution in [0.2, 0.25) is 0 Å². The third kappa shape index (κ3) is 2.61. The van der Waals surface area contributed by atoms with Crippen molar-refractivity contribution < 1.29 is 4.39 Å². The van der Waals surface area contributed by atoms with E-state index >= 15 is 0 Å². The van der Waals surface area contributed by atoms with E-state index in [2.05, 4.69) is 0 Å². The lowest BCUT2D eigenvalue weighted by Crippen LogP contribution is -2.27.